The molecule has 0 aromatic carbocycles. The Hall–Kier alpha value is -2.78. The Kier molecular flexibility index (Phi) is 4.58. The van der Waals surface area contributed by atoms with Crippen molar-refractivity contribution in [2.75, 3.05) is 18.5 Å². The molecule has 0 aliphatic heterocycles. The third-order valence-corrected chi connectivity index (χ3v) is 7.60. The van der Waals surface area contributed by atoms with Gasteiger partial charge >= 0.3 is 0 Å². The van der Waals surface area contributed by atoms with Gasteiger partial charge in [-0.3, -0.25) is 9.78 Å². The first-order valence-corrected chi connectivity index (χ1v) is 11.4. The van der Waals surface area contributed by atoms with Crippen molar-refractivity contribution >= 4 is 17.7 Å². The van der Waals surface area contributed by atoms with Crippen LogP contribution in [0, 0.1) is 17.8 Å². The summed E-state index contributed by atoms with van der Waals surface area (Å²) in [5.74, 6) is 1.18. The average Bonchev–Trinajstić information content (AvgIpc) is 3.43. The zero-order valence-electron chi connectivity index (χ0n) is 17.8. The van der Waals surface area contributed by atoms with Crippen LogP contribution in [0.4, 0.5) is 5.69 Å². The van der Waals surface area contributed by atoms with Crippen LogP contribution in [-0.4, -0.2) is 56.0 Å². The average molecular weight is 438 g/mol. The van der Waals surface area contributed by atoms with Crippen molar-refractivity contribution in [1.82, 2.24) is 20.4 Å². The van der Waals surface area contributed by atoms with Gasteiger partial charge in [-0.15, -0.1) is 0 Å². The van der Waals surface area contributed by atoms with Crippen molar-refractivity contribution in [1.29, 1.82) is 0 Å². The van der Waals surface area contributed by atoms with Gasteiger partial charge in [-0.05, 0) is 49.9 Å². The maximum Gasteiger partial charge on any atom is 0.292 e. The third kappa shape index (κ3) is 3.22. The number of hydrogen-bond acceptors (Lipinski definition) is 8. The second-order valence-electron chi connectivity index (χ2n) is 9.78. The number of hydrogen-bond donors (Lipinski definition) is 4. The highest BCUT2D eigenvalue weighted by Gasteiger charge is 2.54. The van der Waals surface area contributed by atoms with Crippen LogP contribution in [-0.2, 0) is 6.42 Å². The van der Waals surface area contributed by atoms with E-state index < -0.39 is 11.5 Å². The number of aliphatic hydroxyl groups is 2. The van der Waals surface area contributed by atoms with E-state index in [0.29, 0.717) is 23.3 Å². The van der Waals surface area contributed by atoms with E-state index in [-0.39, 0.29) is 30.9 Å². The summed E-state index contributed by atoms with van der Waals surface area (Å²) in [4.78, 5) is 21.1. The molecule has 32 heavy (non-hydrogen) atoms. The Bertz CT molecular complexity index is 1080. The van der Waals surface area contributed by atoms with Crippen LogP contribution < -0.4 is 10.6 Å². The highest BCUT2D eigenvalue weighted by atomic mass is 16.5. The molecule has 5 aliphatic rings. The lowest BCUT2D eigenvalue weighted by atomic mass is 9.52. The zero-order chi connectivity index (χ0) is 21.9. The molecule has 7 rings (SSSR count). The van der Waals surface area contributed by atoms with Crippen molar-refractivity contribution in [3.05, 3.63) is 29.4 Å². The van der Waals surface area contributed by atoms with Crippen LogP contribution in [0.15, 0.2) is 16.8 Å². The second-order valence-corrected chi connectivity index (χ2v) is 9.78. The molecule has 0 saturated heterocycles. The Morgan fingerprint density at radius 3 is 2.81 bits per heavy atom. The van der Waals surface area contributed by atoms with Crippen LogP contribution in [0.5, 0.6) is 0 Å². The summed E-state index contributed by atoms with van der Waals surface area (Å²) in [5.41, 5.74) is 3.13. The Morgan fingerprint density at radius 2 is 2.06 bits per heavy atom. The minimum atomic E-state index is -0.494. The minimum Gasteiger partial charge on any atom is -0.395 e. The van der Waals surface area contributed by atoms with E-state index in [1.54, 1.807) is 6.20 Å². The molecule has 4 saturated carbocycles. The van der Waals surface area contributed by atoms with Crippen LogP contribution in [0.3, 0.4) is 0 Å². The molecule has 0 radical (unpaired) electrons. The van der Waals surface area contributed by atoms with Crippen LogP contribution in [0.2, 0.25) is 0 Å². The number of fused-ring (bicyclic) bond motifs is 1. The molecular formula is C23H27N5O4. The first kappa shape index (κ1) is 19.9. The lowest BCUT2D eigenvalue weighted by molar-refractivity contribution is -0.129. The van der Waals surface area contributed by atoms with Gasteiger partial charge in [0.15, 0.2) is 0 Å². The molecule has 9 heteroatoms. The van der Waals surface area contributed by atoms with Crippen molar-refractivity contribution in [2.45, 2.75) is 50.2 Å². The van der Waals surface area contributed by atoms with Gasteiger partial charge < -0.3 is 25.4 Å². The molecule has 2 aromatic heterocycles. The van der Waals surface area contributed by atoms with Gasteiger partial charge in [0.1, 0.15) is 0 Å². The number of carbonyl (C=O) groups excluding carboxylic acids is 1. The normalized spacial score (nSPS) is 31.7. The lowest BCUT2D eigenvalue weighted by Crippen LogP contribution is -2.59. The Labute approximate surface area is 185 Å². The predicted octanol–water partition coefficient (Wildman–Crippen LogP) is 1.77. The molecule has 4 N–H and O–H groups in total. The second kappa shape index (κ2) is 7.38. The van der Waals surface area contributed by atoms with E-state index in [9.17, 15) is 9.90 Å². The van der Waals surface area contributed by atoms with Crippen molar-refractivity contribution in [3.8, 4) is 11.5 Å². The van der Waals surface area contributed by atoms with E-state index >= 15 is 0 Å². The predicted molar refractivity (Wildman–Crippen MR) is 116 cm³/mol. The molecule has 5 aliphatic carbocycles. The Balaban J connectivity index is 1.34. The number of nitrogens with zero attached hydrogens (tertiary/aromatic N) is 3. The van der Waals surface area contributed by atoms with Gasteiger partial charge in [0.25, 0.3) is 17.6 Å². The van der Waals surface area contributed by atoms with Crippen molar-refractivity contribution in [2.24, 2.45) is 17.8 Å². The molecule has 2 atom stereocenters. The molecule has 2 aromatic rings. The van der Waals surface area contributed by atoms with Gasteiger partial charge in [0.2, 0.25) is 0 Å². The quantitative estimate of drug-likeness (QED) is 0.537. The largest absolute Gasteiger partial charge is 0.395 e. The number of aromatic nitrogens is 3. The fraction of sp³-hybridized carbons (Fsp3) is 0.565. The minimum absolute atomic E-state index is 0.0766. The summed E-state index contributed by atoms with van der Waals surface area (Å²) in [6.45, 7) is -0.0379. The highest BCUT2D eigenvalue weighted by molar-refractivity contribution is 5.91. The van der Waals surface area contributed by atoms with E-state index in [0.717, 1.165) is 55.5 Å². The molecule has 2 unspecified atom stereocenters. The number of rotatable bonds is 6. The van der Waals surface area contributed by atoms with E-state index in [4.69, 9.17) is 9.63 Å². The summed E-state index contributed by atoms with van der Waals surface area (Å²) in [5, 5.41) is 30.0. The van der Waals surface area contributed by atoms with Crippen LogP contribution >= 0.6 is 0 Å². The van der Waals surface area contributed by atoms with Gasteiger partial charge in [0.05, 0.1) is 29.2 Å². The molecular weight excluding hydrogens is 410 g/mol. The fourth-order valence-electron chi connectivity index (χ4n) is 6.57. The summed E-state index contributed by atoms with van der Waals surface area (Å²) in [6, 6.07) is 0.279. The zero-order valence-corrected chi connectivity index (χ0v) is 17.8. The molecule has 0 spiro atoms. The van der Waals surface area contributed by atoms with Crippen LogP contribution in [0.25, 0.3) is 17.5 Å². The van der Waals surface area contributed by atoms with Crippen LogP contribution in [0.1, 0.15) is 54.0 Å². The molecule has 9 nitrogen and oxygen atoms in total. The molecule has 2 heterocycles. The number of anilines is 1. The summed E-state index contributed by atoms with van der Waals surface area (Å²) in [7, 11) is 0. The smallest absolute Gasteiger partial charge is 0.292 e. The molecule has 4 fully saturated rings. The summed E-state index contributed by atoms with van der Waals surface area (Å²) in [6.07, 6.45) is 11.7. The van der Waals surface area contributed by atoms with Gasteiger partial charge in [-0.2, -0.15) is 4.98 Å². The first-order valence-electron chi connectivity index (χ1n) is 11.4. The SMILES string of the molecule is O=C(NCCO)c1noc(-c2cnc3c(c2NC2C4CC5CC2CC(O)(C5)C4)C=CC3)n1. The number of carbonyl (C=O) groups is 1. The summed E-state index contributed by atoms with van der Waals surface area (Å²) >= 11 is 0. The van der Waals surface area contributed by atoms with Crippen molar-refractivity contribution < 1.29 is 19.5 Å². The fourth-order valence-corrected chi connectivity index (χ4v) is 6.57. The monoisotopic (exact) mass is 437 g/mol. The maximum absolute atomic E-state index is 12.2. The van der Waals surface area contributed by atoms with Crippen molar-refractivity contribution in [3.63, 3.8) is 0 Å². The number of nitrogens with one attached hydrogen (secondary N) is 2. The highest BCUT2D eigenvalue weighted by Crippen LogP contribution is 2.56. The summed E-state index contributed by atoms with van der Waals surface area (Å²) < 4.78 is 5.45. The maximum atomic E-state index is 12.2. The van der Waals surface area contributed by atoms with E-state index in [2.05, 4.69) is 37.9 Å². The molecule has 1 amide bonds. The van der Waals surface area contributed by atoms with E-state index in [1.807, 2.05) is 0 Å². The topological polar surface area (TPSA) is 133 Å². The number of allylic oxidation sites excluding steroid dienone is 1. The van der Waals surface area contributed by atoms with Gasteiger partial charge in [-0.1, -0.05) is 17.3 Å². The Morgan fingerprint density at radius 1 is 1.25 bits per heavy atom. The standard InChI is InChI=1S/C23H27N5O4/c29-5-4-24-21(30)20-27-22(32-28-20)16-11-25-17-3-1-2-15(17)19(16)26-18-13-6-12-7-14(18)10-23(31,8-12)9-13/h1-2,11-14,18,29,31H,3-10H2,(H,24,30)(H,25,26). The third-order valence-electron chi connectivity index (χ3n) is 7.60. The van der Waals surface area contributed by atoms with Gasteiger partial charge in [0, 0.05) is 30.8 Å². The number of aliphatic hydroxyl groups excluding tert-OH is 1. The van der Waals surface area contributed by atoms with E-state index in [1.165, 1.54) is 0 Å². The van der Waals surface area contributed by atoms with Gasteiger partial charge in [-0.25, -0.2) is 0 Å². The first-order chi connectivity index (χ1) is 15.5. The molecule has 168 valence electrons. The number of pyridine rings is 1. The molecule has 4 bridgehead atoms. The number of amides is 1. The lowest BCUT2D eigenvalue weighted by Gasteiger charge is -2.58.